The van der Waals surface area contributed by atoms with Gasteiger partial charge in [0.15, 0.2) is 5.82 Å². The van der Waals surface area contributed by atoms with Crippen LogP contribution < -0.4 is 10.1 Å². The number of ether oxygens (including phenoxy) is 2. The lowest BCUT2D eigenvalue weighted by atomic mass is 9.86. The second-order valence-corrected chi connectivity index (χ2v) is 14.8. The molecule has 4 aromatic rings. The third-order valence-corrected chi connectivity index (χ3v) is 9.79. The summed E-state index contributed by atoms with van der Waals surface area (Å²) < 4.78 is 11.3. The maximum Gasteiger partial charge on any atom is 0.326 e. The molecule has 10 nitrogen and oxygen atoms in total. The largest absolute Gasteiger partial charge is 0.494 e. The molecule has 3 aromatic carbocycles. The van der Waals surface area contributed by atoms with E-state index in [-0.39, 0.29) is 24.8 Å². The van der Waals surface area contributed by atoms with Crippen LogP contribution in [0.5, 0.6) is 5.75 Å². The molecule has 0 bridgehead atoms. The normalized spacial score (nSPS) is 16.3. The maximum absolute atomic E-state index is 14.0. The average Bonchev–Trinajstić information content (AvgIpc) is 3.61. The fourth-order valence-corrected chi connectivity index (χ4v) is 6.50. The molecule has 5 rings (SSSR count). The van der Waals surface area contributed by atoms with E-state index in [4.69, 9.17) is 9.47 Å². The van der Waals surface area contributed by atoms with Crippen LogP contribution in [0.3, 0.4) is 0 Å². The Balaban J connectivity index is 1.27. The van der Waals surface area contributed by atoms with Gasteiger partial charge in [-0.3, -0.25) is 9.59 Å². The van der Waals surface area contributed by atoms with Crippen LogP contribution in [0, 0.1) is 0 Å². The quantitative estimate of drug-likeness (QED) is 0.114. The van der Waals surface area contributed by atoms with Crippen molar-refractivity contribution in [2.45, 2.75) is 96.2 Å². The first-order chi connectivity index (χ1) is 25.5. The van der Waals surface area contributed by atoms with E-state index >= 15 is 0 Å². The molecule has 1 aromatic heterocycles. The van der Waals surface area contributed by atoms with Gasteiger partial charge in [0, 0.05) is 55.6 Å². The van der Waals surface area contributed by atoms with Crippen LogP contribution in [-0.2, 0) is 26.2 Å². The highest BCUT2D eigenvalue weighted by Crippen LogP contribution is 2.26. The van der Waals surface area contributed by atoms with Crippen LogP contribution in [0.2, 0.25) is 0 Å². The molecule has 1 fully saturated rings. The fraction of sp³-hybridized carbons (Fsp3) is 0.419. The number of hydrogen-bond donors (Lipinski definition) is 2. The van der Waals surface area contributed by atoms with Crippen molar-refractivity contribution in [3.05, 3.63) is 102 Å². The lowest BCUT2D eigenvalue weighted by Crippen LogP contribution is -2.52. The third-order valence-electron chi connectivity index (χ3n) is 9.79. The van der Waals surface area contributed by atoms with Gasteiger partial charge in [-0.25, -0.2) is 14.8 Å². The number of unbranched alkanes of at least 4 members (excludes halogenated alkanes) is 4. The number of aromatic nitrogens is 2. The molecule has 1 aliphatic rings. The Morgan fingerprint density at radius 3 is 2.11 bits per heavy atom. The smallest absolute Gasteiger partial charge is 0.326 e. The molecular weight excluding hydrogens is 668 g/mol. The van der Waals surface area contributed by atoms with Gasteiger partial charge in [-0.2, -0.15) is 0 Å². The van der Waals surface area contributed by atoms with Gasteiger partial charge in [0.25, 0.3) is 5.91 Å². The van der Waals surface area contributed by atoms with Crippen LogP contribution in [-0.4, -0.2) is 76.2 Å². The van der Waals surface area contributed by atoms with E-state index in [0.717, 1.165) is 46.6 Å². The van der Waals surface area contributed by atoms with E-state index in [1.807, 2.05) is 60.7 Å². The Bertz CT molecular complexity index is 1800. The number of methoxy groups -OCH3 is 1. The summed E-state index contributed by atoms with van der Waals surface area (Å²) in [6, 6.07) is 20.7. The minimum absolute atomic E-state index is 0.0824. The summed E-state index contributed by atoms with van der Waals surface area (Å²) in [6.07, 6.45) is 9.51. The van der Waals surface area contributed by atoms with Gasteiger partial charge >= 0.3 is 5.97 Å². The van der Waals surface area contributed by atoms with Gasteiger partial charge in [0.2, 0.25) is 5.91 Å². The average molecular weight is 721 g/mol. The number of carbonyl (C=O) groups is 3. The SMILES string of the molecule is CCCCCCCOc1ccc(-c2cnc(-c3ccc(C[C@H](NC(=O)c4ccc(C(C)(C)C)cc4)C(=O)N4CC(OC)CC4C(=O)O)cc3)nc2)cc1. The van der Waals surface area contributed by atoms with Crippen molar-refractivity contribution in [2.75, 3.05) is 20.3 Å². The summed E-state index contributed by atoms with van der Waals surface area (Å²) in [7, 11) is 1.50. The molecule has 10 heteroatoms. The van der Waals surface area contributed by atoms with Crippen LogP contribution >= 0.6 is 0 Å². The third kappa shape index (κ3) is 10.5. The number of nitrogens with zero attached hydrogens (tertiary/aromatic N) is 3. The number of aliphatic carboxylic acids is 1. The van der Waals surface area contributed by atoms with Gasteiger partial charge < -0.3 is 24.8 Å². The Morgan fingerprint density at radius 1 is 0.868 bits per heavy atom. The molecule has 2 amide bonds. The predicted molar refractivity (Wildman–Crippen MR) is 206 cm³/mol. The van der Waals surface area contributed by atoms with E-state index in [2.05, 4.69) is 43.0 Å². The molecule has 3 atom stereocenters. The van der Waals surface area contributed by atoms with Gasteiger partial charge in [-0.1, -0.05) is 102 Å². The van der Waals surface area contributed by atoms with Crippen molar-refractivity contribution in [1.29, 1.82) is 0 Å². The van der Waals surface area contributed by atoms with Gasteiger partial charge in [-0.05, 0) is 52.8 Å². The standard InChI is InChI=1S/C43H52N4O6/c1-6-7-8-9-10-23-53-35-21-17-30(18-22-35)33-26-44-39(45-27-33)31-13-11-29(12-14-31)24-37(41(49)47-28-36(52-5)25-38(47)42(50)51)46-40(48)32-15-19-34(20-16-32)43(2,3)4/h11-22,26-27,36-38H,6-10,23-25,28H2,1-5H3,(H,46,48)(H,50,51)/t36?,37-,38?/m0/s1. The molecule has 53 heavy (non-hydrogen) atoms. The predicted octanol–water partition coefficient (Wildman–Crippen LogP) is 7.50. The van der Waals surface area contributed by atoms with Gasteiger partial charge in [0.05, 0.1) is 12.7 Å². The van der Waals surface area contributed by atoms with Crippen molar-refractivity contribution in [1.82, 2.24) is 20.2 Å². The minimum atomic E-state index is -1.11. The molecule has 0 radical (unpaired) electrons. The zero-order valence-electron chi connectivity index (χ0n) is 31.5. The molecule has 1 aliphatic heterocycles. The second kappa shape index (κ2) is 18.1. The number of carbonyl (C=O) groups excluding carboxylic acids is 2. The topological polar surface area (TPSA) is 131 Å². The number of nitrogens with one attached hydrogen (secondary N) is 1. The summed E-state index contributed by atoms with van der Waals surface area (Å²) >= 11 is 0. The molecular formula is C43H52N4O6. The van der Waals surface area contributed by atoms with Gasteiger partial charge in [0.1, 0.15) is 17.8 Å². The highest BCUT2D eigenvalue weighted by Gasteiger charge is 2.42. The molecule has 2 N–H and O–H groups in total. The zero-order valence-corrected chi connectivity index (χ0v) is 31.5. The van der Waals surface area contributed by atoms with E-state index in [9.17, 15) is 19.5 Å². The van der Waals surface area contributed by atoms with E-state index in [1.54, 1.807) is 24.5 Å². The summed E-state index contributed by atoms with van der Waals surface area (Å²) in [6.45, 7) is 9.35. The van der Waals surface area contributed by atoms with E-state index in [0.29, 0.717) is 11.4 Å². The summed E-state index contributed by atoms with van der Waals surface area (Å²) in [5, 5.41) is 12.8. The highest BCUT2D eigenvalue weighted by molar-refractivity contribution is 5.98. The van der Waals surface area contributed by atoms with Crippen molar-refractivity contribution in [2.24, 2.45) is 0 Å². The van der Waals surface area contributed by atoms with Gasteiger partial charge in [-0.15, -0.1) is 0 Å². The molecule has 2 heterocycles. The number of amides is 2. The Hall–Kier alpha value is -5.09. The number of benzene rings is 3. The molecule has 0 saturated carbocycles. The minimum Gasteiger partial charge on any atom is -0.494 e. The Kier molecular flexibility index (Phi) is 13.4. The number of rotatable bonds is 16. The van der Waals surface area contributed by atoms with E-state index < -0.39 is 36.0 Å². The first kappa shape index (κ1) is 39.1. The van der Waals surface area contributed by atoms with Crippen molar-refractivity contribution < 1.29 is 29.0 Å². The number of hydrogen-bond acceptors (Lipinski definition) is 7. The lowest BCUT2D eigenvalue weighted by molar-refractivity contribution is -0.148. The Labute approximate surface area is 313 Å². The molecule has 280 valence electrons. The number of carboxylic acids is 1. The van der Waals surface area contributed by atoms with Crippen LogP contribution in [0.4, 0.5) is 0 Å². The molecule has 0 spiro atoms. The summed E-state index contributed by atoms with van der Waals surface area (Å²) in [5.41, 5.74) is 4.86. The van der Waals surface area contributed by atoms with Crippen LogP contribution in [0.1, 0.15) is 87.7 Å². The van der Waals surface area contributed by atoms with Crippen molar-refractivity contribution in [3.63, 3.8) is 0 Å². The highest BCUT2D eigenvalue weighted by atomic mass is 16.5. The second-order valence-electron chi connectivity index (χ2n) is 14.8. The first-order valence-corrected chi connectivity index (χ1v) is 18.6. The van der Waals surface area contributed by atoms with Crippen LogP contribution in [0.15, 0.2) is 85.2 Å². The monoisotopic (exact) mass is 720 g/mol. The molecule has 1 saturated heterocycles. The maximum atomic E-state index is 14.0. The lowest BCUT2D eigenvalue weighted by Gasteiger charge is -2.27. The molecule has 2 unspecified atom stereocenters. The Morgan fingerprint density at radius 2 is 1.51 bits per heavy atom. The number of carboxylic acid groups (broad SMARTS) is 1. The zero-order chi connectivity index (χ0) is 38.0. The van der Waals surface area contributed by atoms with Crippen molar-refractivity contribution >= 4 is 17.8 Å². The fourth-order valence-electron chi connectivity index (χ4n) is 6.50. The number of likely N-dealkylation sites (tertiary alicyclic amines) is 1. The first-order valence-electron chi connectivity index (χ1n) is 18.6. The summed E-state index contributed by atoms with van der Waals surface area (Å²) in [5.74, 6) is -0.591. The summed E-state index contributed by atoms with van der Waals surface area (Å²) in [4.78, 5) is 50.1. The molecule has 0 aliphatic carbocycles. The van der Waals surface area contributed by atoms with E-state index in [1.165, 1.54) is 37.7 Å². The van der Waals surface area contributed by atoms with Crippen LogP contribution in [0.25, 0.3) is 22.5 Å². The van der Waals surface area contributed by atoms with Crippen molar-refractivity contribution in [3.8, 4) is 28.3 Å².